The van der Waals surface area contributed by atoms with Gasteiger partial charge in [-0.2, -0.15) is 0 Å². The lowest BCUT2D eigenvalue weighted by molar-refractivity contribution is -0.139. The zero-order valence-electron chi connectivity index (χ0n) is 16.9. The van der Waals surface area contributed by atoms with E-state index in [4.69, 9.17) is 5.73 Å². The molecule has 0 spiro atoms. The van der Waals surface area contributed by atoms with Gasteiger partial charge in [-0.05, 0) is 37.0 Å². The average molecular weight is 395 g/mol. The van der Waals surface area contributed by atoms with Crippen LogP contribution in [0.2, 0.25) is 0 Å². The Balaban J connectivity index is 1.58. The molecule has 3 amide bonds. The normalized spacial score (nSPS) is 18.6. The summed E-state index contributed by atoms with van der Waals surface area (Å²) in [6.45, 7) is 3.02. The second-order valence-corrected chi connectivity index (χ2v) is 7.61. The highest BCUT2D eigenvalue weighted by Gasteiger charge is 2.32. The Morgan fingerprint density at radius 3 is 2.41 bits per heavy atom. The van der Waals surface area contributed by atoms with E-state index < -0.39 is 0 Å². The Bertz CT molecular complexity index is 797. The first-order valence-corrected chi connectivity index (χ1v) is 10.3. The van der Waals surface area contributed by atoms with Gasteiger partial charge >= 0.3 is 6.03 Å². The number of anilines is 1. The first-order chi connectivity index (χ1) is 14.1. The second-order valence-electron chi connectivity index (χ2n) is 7.61. The lowest BCUT2D eigenvalue weighted by atomic mass is 9.92. The highest BCUT2D eigenvalue weighted by atomic mass is 16.2. The molecular formula is C23H30N4O2. The van der Waals surface area contributed by atoms with Gasteiger partial charge in [0.1, 0.15) is 0 Å². The predicted octanol–water partition coefficient (Wildman–Crippen LogP) is 3.53. The van der Waals surface area contributed by atoms with E-state index in [1.165, 1.54) is 0 Å². The summed E-state index contributed by atoms with van der Waals surface area (Å²) in [6.07, 6.45) is 2.91. The Morgan fingerprint density at radius 1 is 1.07 bits per heavy atom. The zero-order chi connectivity index (χ0) is 20.6. The number of benzene rings is 2. The van der Waals surface area contributed by atoms with Crippen molar-refractivity contribution in [1.82, 2.24) is 10.2 Å². The Kier molecular flexibility index (Phi) is 7.25. The fraction of sp³-hybridized carbons (Fsp3) is 0.391. The number of nitrogens with zero attached hydrogens (tertiary/aromatic N) is 1. The highest BCUT2D eigenvalue weighted by Crippen LogP contribution is 2.25. The summed E-state index contributed by atoms with van der Waals surface area (Å²) in [6, 6.07) is 18.4. The Morgan fingerprint density at radius 2 is 1.72 bits per heavy atom. The van der Waals surface area contributed by atoms with Crippen molar-refractivity contribution in [1.29, 1.82) is 0 Å². The molecule has 4 N–H and O–H groups in total. The van der Waals surface area contributed by atoms with Gasteiger partial charge < -0.3 is 21.3 Å². The molecule has 154 valence electrons. The topological polar surface area (TPSA) is 87.5 Å². The maximum Gasteiger partial charge on any atom is 0.319 e. The van der Waals surface area contributed by atoms with Crippen LogP contribution >= 0.6 is 0 Å². The molecule has 6 nitrogen and oxygen atoms in total. The molecule has 0 radical (unpaired) electrons. The summed E-state index contributed by atoms with van der Waals surface area (Å²) in [5.41, 5.74) is 8.07. The van der Waals surface area contributed by atoms with E-state index in [2.05, 4.69) is 10.6 Å². The molecule has 0 saturated carbocycles. The number of urea groups is 1. The first-order valence-electron chi connectivity index (χ1n) is 10.3. The molecular weight excluding hydrogens is 364 g/mol. The maximum atomic E-state index is 13.2. The van der Waals surface area contributed by atoms with Crippen LogP contribution in [0, 0.1) is 5.92 Å². The van der Waals surface area contributed by atoms with E-state index in [1.807, 2.05) is 72.5 Å². The van der Waals surface area contributed by atoms with E-state index in [1.54, 1.807) is 0 Å². The number of carbonyl (C=O) groups is 2. The molecule has 3 unspecified atom stereocenters. The fourth-order valence-corrected chi connectivity index (χ4v) is 3.79. The highest BCUT2D eigenvalue weighted by molar-refractivity contribution is 5.89. The Hall–Kier alpha value is -2.86. The van der Waals surface area contributed by atoms with Gasteiger partial charge in [-0.3, -0.25) is 4.79 Å². The van der Waals surface area contributed by atoms with Crippen LogP contribution in [0.25, 0.3) is 0 Å². The molecule has 1 saturated heterocycles. The standard InChI is InChI=1S/C23H30N4O2/c1-17(21(24)18-10-4-2-5-11-18)22(28)27-15-9-8-14-20(27)16-25-23(29)26-19-12-6-3-7-13-19/h2-7,10-13,17,20-21H,8-9,14-16,24H2,1H3,(H2,25,26,29). The minimum absolute atomic E-state index is 0.0109. The lowest BCUT2D eigenvalue weighted by Crippen LogP contribution is -2.52. The van der Waals surface area contributed by atoms with Gasteiger partial charge in [-0.1, -0.05) is 55.5 Å². The van der Waals surface area contributed by atoms with E-state index in [0.29, 0.717) is 13.1 Å². The number of carbonyl (C=O) groups excluding carboxylic acids is 2. The largest absolute Gasteiger partial charge is 0.338 e. The van der Waals surface area contributed by atoms with Crippen molar-refractivity contribution in [3.05, 3.63) is 66.2 Å². The molecule has 1 aliphatic rings. The molecule has 0 aliphatic carbocycles. The number of hydrogen-bond donors (Lipinski definition) is 3. The molecule has 2 aromatic carbocycles. The van der Waals surface area contributed by atoms with Gasteiger partial charge in [0.25, 0.3) is 0 Å². The van der Waals surface area contributed by atoms with Crippen molar-refractivity contribution >= 4 is 17.6 Å². The first kappa shape index (κ1) is 20.9. The van der Waals surface area contributed by atoms with Crippen molar-refractivity contribution < 1.29 is 9.59 Å². The number of rotatable bonds is 6. The number of hydrogen-bond acceptors (Lipinski definition) is 3. The predicted molar refractivity (Wildman–Crippen MR) is 115 cm³/mol. The molecule has 29 heavy (non-hydrogen) atoms. The van der Waals surface area contributed by atoms with Gasteiger partial charge in [-0.15, -0.1) is 0 Å². The summed E-state index contributed by atoms with van der Waals surface area (Å²) in [5.74, 6) is -0.271. The van der Waals surface area contributed by atoms with Crippen molar-refractivity contribution in [2.45, 2.75) is 38.3 Å². The number of nitrogens with two attached hydrogens (primary N) is 1. The molecule has 1 heterocycles. The van der Waals surface area contributed by atoms with Crippen molar-refractivity contribution in [3.63, 3.8) is 0 Å². The molecule has 1 aliphatic heterocycles. The monoisotopic (exact) mass is 394 g/mol. The van der Waals surface area contributed by atoms with Crippen LogP contribution in [0.4, 0.5) is 10.5 Å². The molecule has 2 aromatic rings. The summed E-state index contributed by atoms with van der Waals surface area (Å²) >= 11 is 0. The zero-order valence-corrected chi connectivity index (χ0v) is 16.9. The van der Waals surface area contributed by atoms with Gasteiger partial charge in [0, 0.05) is 30.9 Å². The molecule has 0 bridgehead atoms. The van der Waals surface area contributed by atoms with Crippen molar-refractivity contribution in [3.8, 4) is 0 Å². The van der Waals surface area contributed by atoms with Crippen molar-refractivity contribution in [2.75, 3.05) is 18.4 Å². The summed E-state index contributed by atoms with van der Waals surface area (Å²) in [5, 5.41) is 5.72. The average Bonchev–Trinajstić information content (AvgIpc) is 2.77. The van der Waals surface area contributed by atoms with Gasteiger partial charge in [-0.25, -0.2) is 4.79 Å². The SMILES string of the molecule is CC(C(=O)N1CCCCC1CNC(=O)Nc1ccccc1)C(N)c1ccccc1. The molecule has 6 heteroatoms. The summed E-state index contributed by atoms with van der Waals surface area (Å²) in [7, 11) is 0. The lowest BCUT2D eigenvalue weighted by Gasteiger charge is -2.38. The van der Waals surface area contributed by atoms with Crippen LogP contribution in [0.3, 0.4) is 0 Å². The summed E-state index contributed by atoms with van der Waals surface area (Å²) in [4.78, 5) is 27.3. The van der Waals surface area contributed by atoms with Crippen LogP contribution in [0.5, 0.6) is 0 Å². The van der Waals surface area contributed by atoms with Crippen LogP contribution in [0.1, 0.15) is 37.8 Å². The molecule has 3 rings (SSSR count). The molecule has 0 aromatic heterocycles. The summed E-state index contributed by atoms with van der Waals surface area (Å²) < 4.78 is 0. The van der Waals surface area contributed by atoms with Gasteiger partial charge in [0.15, 0.2) is 0 Å². The smallest absolute Gasteiger partial charge is 0.319 e. The van der Waals surface area contributed by atoms with Crippen LogP contribution in [-0.4, -0.2) is 36.0 Å². The molecule has 1 fully saturated rings. The van der Waals surface area contributed by atoms with E-state index in [0.717, 1.165) is 30.5 Å². The minimum Gasteiger partial charge on any atom is -0.338 e. The number of piperidine rings is 1. The van der Waals surface area contributed by atoms with E-state index >= 15 is 0 Å². The van der Waals surface area contributed by atoms with E-state index in [-0.39, 0.29) is 29.9 Å². The number of likely N-dealkylation sites (tertiary alicyclic amines) is 1. The van der Waals surface area contributed by atoms with Crippen LogP contribution in [0.15, 0.2) is 60.7 Å². The third-order valence-electron chi connectivity index (χ3n) is 5.55. The quantitative estimate of drug-likeness (QED) is 0.700. The minimum atomic E-state index is -0.347. The Labute approximate surface area is 172 Å². The van der Waals surface area contributed by atoms with Gasteiger partial charge in [0.05, 0.1) is 5.92 Å². The van der Waals surface area contributed by atoms with Crippen LogP contribution in [-0.2, 0) is 4.79 Å². The molecule has 3 atom stereocenters. The van der Waals surface area contributed by atoms with Crippen LogP contribution < -0.4 is 16.4 Å². The van der Waals surface area contributed by atoms with Crippen molar-refractivity contribution in [2.24, 2.45) is 11.7 Å². The number of para-hydroxylation sites is 1. The van der Waals surface area contributed by atoms with E-state index in [9.17, 15) is 9.59 Å². The van der Waals surface area contributed by atoms with Gasteiger partial charge in [0.2, 0.25) is 5.91 Å². The second kappa shape index (κ2) is 10.1. The fourth-order valence-electron chi connectivity index (χ4n) is 3.79. The number of nitrogens with one attached hydrogen (secondary N) is 2. The maximum absolute atomic E-state index is 13.2. The number of amides is 3. The third-order valence-corrected chi connectivity index (χ3v) is 5.55. The third kappa shape index (κ3) is 5.57.